The Morgan fingerprint density at radius 1 is 1.31 bits per heavy atom. The van der Waals surface area contributed by atoms with Crippen molar-refractivity contribution in [2.45, 2.75) is 38.6 Å². The van der Waals surface area contributed by atoms with Crippen molar-refractivity contribution in [2.24, 2.45) is 0 Å². The molecule has 1 saturated carbocycles. The maximum Gasteiger partial charge on any atom is 0.251 e. The van der Waals surface area contributed by atoms with E-state index >= 15 is 0 Å². The van der Waals surface area contributed by atoms with Crippen LogP contribution in [-0.4, -0.2) is 42.8 Å². The van der Waals surface area contributed by atoms with Crippen LogP contribution in [0.15, 0.2) is 28.8 Å². The topological polar surface area (TPSA) is 112 Å². The van der Waals surface area contributed by atoms with Gasteiger partial charge in [-0.3, -0.25) is 4.79 Å². The van der Waals surface area contributed by atoms with E-state index in [1.54, 1.807) is 16.8 Å². The van der Waals surface area contributed by atoms with Crippen molar-refractivity contribution < 1.29 is 9.32 Å². The molecule has 1 fully saturated rings. The van der Waals surface area contributed by atoms with Crippen molar-refractivity contribution in [3.8, 4) is 0 Å². The summed E-state index contributed by atoms with van der Waals surface area (Å²) in [6.45, 7) is 2.87. The van der Waals surface area contributed by atoms with Crippen molar-refractivity contribution >= 4 is 5.91 Å². The molecule has 2 aromatic heterocycles. The average Bonchev–Trinajstić information content (AvgIpc) is 3.27. The maximum absolute atomic E-state index is 12.2. The highest BCUT2D eigenvalue weighted by molar-refractivity contribution is 5.94. The van der Waals surface area contributed by atoms with Crippen molar-refractivity contribution in [2.75, 3.05) is 6.54 Å². The molecule has 4 rings (SSSR count). The molecule has 1 aliphatic rings. The lowest BCUT2D eigenvalue weighted by molar-refractivity contribution is 0.0953. The molecule has 26 heavy (non-hydrogen) atoms. The Hall–Kier alpha value is -3.10. The van der Waals surface area contributed by atoms with E-state index < -0.39 is 0 Å². The van der Waals surface area contributed by atoms with Gasteiger partial charge >= 0.3 is 0 Å². The van der Waals surface area contributed by atoms with Crippen LogP contribution >= 0.6 is 0 Å². The first-order valence-corrected chi connectivity index (χ1v) is 8.61. The van der Waals surface area contributed by atoms with Crippen LogP contribution in [0.5, 0.6) is 0 Å². The van der Waals surface area contributed by atoms with Crippen LogP contribution in [0.4, 0.5) is 0 Å². The number of nitrogens with zero attached hydrogens (tertiary/aromatic N) is 6. The van der Waals surface area contributed by atoms with Crippen LogP contribution in [0.25, 0.3) is 0 Å². The molecule has 0 atom stereocenters. The van der Waals surface area contributed by atoms with Gasteiger partial charge in [0.25, 0.3) is 5.91 Å². The molecule has 0 unspecified atom stereocenters. The van der Waals surface area contributed by atoms with Crippen LogP contribution in [0.1, 0.15) is 52.2 Å². The van der Waals surface area contributed by atoms with Gasteiger partial charge in [-0.1, -0.05) is 17.3 Å². The number of hydrogen-bond donors (Lipinski definition) is 1. The Bertz CT molecular complexity index is 896. The summed E-state index contributed by atoms with van der Waals surface area (Å²) in [6, 6.07) is 7.39. The van der Waals surface area contributed by atoms with E-state index in [9.17, 15) is 4.79 Å². The molecule has 0 aliphatic heterocycles. The van der Waals surface area contributed by atoms with E-state index in [-0.39, 0.29) is 5.91 Å². The third kappa shape index (κ3) is 3.76. The summed E-state index contributed by atoms with van der Waals surface area (Å²) >= 11 is 0. The van der Waals surface area contributed by atoms with Gasteiger partial charge in [0.15, 0.2) is 5.82 Å². The molecule has 2 heterocycles. The molecule has 134 valence electrons. The molecular formula is C17H19N7O2. The predicted octanol–water partition coefficient (Wildman–Crippen LogP) is 1.26. The first-order valence-electron chi connectivity index (χ1n) is 8.61. The minimum absolute atomic E-state index is 0.128. The molecule has 9 heteroatoms. The maximum atomic E-state index is 12.2. The fourth-order valence-corrected chi connectivity index (χ4v) is 2.59. The highest BCUT2D eigenvalue weighted by atomic mass is 16.5. The van der Waals surface area contributed by atoms with Crippen molar-refractivity contribution in [3.63, 3.8) is 0 Å². The second-order valence-corrected chi connectivity index (χ2v) is 6.41. The number of carbonyl (C=O) groups excluding carboxylic acids is 1. The minimum Gasteiger partial charge on any atom is -0.352 e. The third-order valence-electron chi connectivity index (χ3n) is 4.31. The summed E-state index contributed by atoms with van der Waals surface area (Å²) in [4.78, 5) is 16.6. The smallest absolute Gasteiger partial charge is 0.251 e. The summed E-state index contributed by atoms with van der Waals surface area (Å²) in [5.74, 6) is 2.45. The van der Waals surface area contributed by atoms with Gasteiger partial charge in [0.1, 0.15) is 5.82 Å². The van der Waals surface area contributed by atoms with Gasteiger partial charge in [-0.2, -0.15) is 4.98 Å². The summed E-state index contributed by atoms with van der Waals surface area (Å²) in [5, 5.41) is 18.2. The standard InChI is InChI=1S/C17H19N7O2/c1-11-20-22-23-24(11)10-12-2-4-14(5-3-12)17(25)18-9-8-15-19-16(21-26-15)13-6-7-13/h2-5,13H,6-10H2,1H3,(H,18,25). The van der Waals surface area contributed by atoms with Gasteiger partial charge in [0, 0.05) is 24.4 Å². The summed E-state index contributed by atoms with van der Waals surface area (Å²) in [6.07, 6.45) is 2.81. The Morgan fingerprint density at radius 2 is 2.12 bits per heavy atom. The second-order valence-electron chi connectivity index (χ2n) is 6.41. The number of tetrazole rings is 1. The Kier molecular flexibility index (Phi) is 4.42. The first-order chi connectivity index (χ1) is 12.7. The van der Waals surface area contributed by atoms with Crippen LogP contribution < -0.4 is 5.32 Å². The van der Waals surface area contributed by atoms with Crippen LogP contribution in [0.2, 0.25) is 0 Å². The van der Waals surface area contributed by atoms with Gasteiger partial charge in [-0.15, -0.1) is 5.10 Å². The van der Waals surface area contributed by atoms with Gasteiger partial charge in [-0.05, 0) is 47.9 Å². The summed E-state index contributed by atoms with van der Waals surface area (Å²) in [5.41, 5.74) is 1.63. The quantitative estimate of drug-likeness (QED) is 0.680. The first kappa shape index (κ1) is 16.4. The molecule has 1 aromatic carbocycles. The number of carbonyl (C=O) groups is 1. The molecule has 1 N–H and O–H groups in total. The molecule has 0 spiro atoms. The van der Waals surface area contributed by atoms with Gasteiger partial charge in [0.05, 0.1) is 6.54 Å². The van der Waals surface area contributed by atoms with Crippen molar-refractivity contribution in [1.82, 2.24) is 35.7 Å². The number of aromatic nitrogens is 6. The lowest BCUT2D eigenvalue weighted by atomic mass is 10.1. The van der Waals surface area contributed by atoms with E-state index in [4.69, 9.17) is 4.52 Å². The molecule has 0 bridgehead atoms. The van der Waals surface area contributed by atoms with Gasteiger partial charge in [-0.25, -0.2) is 4.68 Å². The van der Waals surface area contributed by atoms with Crippen LogP contribution in [-0.2, 0) is 13.0 Å². The van der Waals surface area contributed by atoms with E-state index in [2.05, 4.69) is 31.0 Å². The van der Waals surface area contributed by atoms with E-state index in [0.29, 0.717) is 36.9 Å². The Balaban J connectivity index is 1.27. The highest BCUT2D eigenvalue weighted by Gasteiger charge is 2.28. The van der Waals surface area contributed by atoms with E-state index in [0.717, 1.165) is 30.1 Å². The number of rotatable bonds is 7. The number of aryl methyl sites for hydroxylation is 1. The fourth-order valence-electron chi connectivity index (χ4n) is 2.59. The molecule has 3 aromatic rings. The molecule has 9 nitrogen and oxygen atoms in total. The molecule has 0 saturated heterocycles. The Morgan fingerprint density at radius 3 is 2.81 bits per heavy atom. The average molecular weight is 353 g/mol. The Labute approximate surface area is 149 Å². The van der Waals surface area contributed by atoms with Crippen LogP contribution in [0.3, 0.4) is 0 Å². The molecule has 1 amide bonds. The third-order valence-corrected chi connectivity index (χ3v) is 4.31. The zero-order valence-corrected chi connectivity index (χ0v) is 14.4. The zero-order valence-electron chi connectivity index (χ0n) is 14.4. The normalized spacial score (nSPS) is 13.7. The highest BCUT2D eigenvalue weighted by Crippen LogP contribution is 2.38. The predicted molar refractivity (Wildman–Crippen MR) is 90.4 cm³/mol. The number of hydrogen-bond acceptors (Lipinski definition) is 7. The molecule has 1 aliphatic carbocycles. The van der Waals surface area contributed by atoms with E-state index in [1.165, 1.54) is 0 Å². The summed E-state index contributed by atoms with van der Waals surface area (Å²) in [7, 11) is 0. The zero-order chi connectivity index (χ0) is 17.9. The lowest BCUT2D eigenvalue weighted by Gasteiger charge is -2.06. The monoisotopic (exact) mass is 353 g/mol. The van der Waals surface area contributed by atoms with Gasteiger partial charge < -0.3 is 9.84 Å². The van der Waals surface area contributed by atoms with E-state index in [1.807, 2.05) is 19.1 Å². The van der Waals surface area contributed by atoms with Crippen LogP contribution in [0, 0.1) is 6.92 Å². The van der Waals surface area contributed by atoms with Crippen molar-refractivity contribution in [1.29, 1.82) is 0 Å². The lowest BCUT2D eigenvalue weighted by Crippen LogP contribution is -2.25. The SMILES string of the molecule is Cc1nnnn1Cc1ccc(C(=O)NCCc2nc(C3CC3)no2)cc1. The fraction of sp³-hybridized carbons (Fsp3) is 0.412. The minimum atomic E-state index is -0.128. The number of nitrogens with one attached hydrogen (secondary N) is 1. The largest absolute Gasteiger partial charge is 0.352 e. The van der Waals surface area contributed by atoms with Crippen molar-refractivity contribution in [3.05, 3.63) is 52.9 Å². The van der Waals surface area contributed by atoms with Gasteiger partial charge in [0.2, 0.25) is 5.89 Å². The number of benzene rings is 1. The number of amides is 1. The summed E-state index contributed by atoms with van der Waals surface area (Å²) < 4.78 is 6.90. The molecule has 0 radical (unpaired) electrons. The second kappa shape index (κ2) is 7.03. The molecular weight excluding hydrogens is 334 g/mol.